The van der Waals surface area contributed by atoms with Crippen LogP contribution in [-0.4, -0.2) is 74.4 Å². The van der Waals surface area contributed by atoms with Crippen LogP contribution in [0.4, 0.5) is 0 Å². The second-order valence-electron chi connectivity index (χ2n) is 7.39. The van der Waals surface area contributed by atoms with Crippen molar-refractivity contribution in [2.75, 3.05) is 58.7 Å². The molecule has 29 heavy (non-hydrogen) atoms. The number of hydrogen-bond acceptors (Lipinski definition) is 6. The fourth-order valence-electron chi connectivity index (χ4n) is 3.41. The number of thiophene rings is 1. The summed E-state index contributed by atoms with van der Waals surface area (Å²) in [5, 5.41) is 5.18. The topological polar surface area (TPSA) is 44.8 Å². The number of ether oxygens (including phenoxy) is 1. The van der Waals surface area contributed by atoms with E-state index in [1.54, 1.807) is 23.1 Å². The van der Waals surface area contributed by atoms with Gasteiger partial charge in [0.2, 0.25) is 5.91 Å². The van der Waals surface area contributed by atoms with E-state index in [1.165, 1.54) is 15.3 Å². The predicted octanol–water partition coefficient (Wildman–Crippen LogP) is 3.27. The quantitative estimate of drug-likeness (QED) is 0.460. The fraction of sp³-hybridized carbons (Fsp3) is 0.500. The molecule has 1 fully saturated rings. The Morgan fingerprint density at radius 1 is 1.28 bits per heavy atom. The number of amides is 1. The van der Waals surface area contributed by atoms with Gasteiger partial charge in [-0.15, -0.1) is 23.1 Å². The molecule has 158 valence electrons. The molecule has 1 aromatic heterocycles. The lowest BCUT2D eigenvalue weighted by Gasteiger charge is -2.36. The summed E-state index contributed by atoms with van der Waals surface area (Å²) in [6.45, 7) is 7.48. The molecule has 0 spiro atoms. The molecule has 0 aliphatic carbocycles. The number of carbonyl (C=O) groups excluding carboxylic acids is 1. The molecular formula is C22H31N3O2S2. The van der Waals surface area contributed by atoms with Gasteiger partial charge in [-0.25, -0.2) is 0 Å². The van der Waals surface area contributed by atoms with Crippen molar-refractivity contribution in [3.8, 4) is 0 Å². The highest BCUT2D eigenvalue weighted by Crippen LogP contribution is 2.26. The SMILES string of the molecule is Cc1ccc(SCCNC(=O)CN(C)CC(c2cccs2)N2CCOCC2)cc1. The van der Waals surface area contributed by atoms with Crippen molar-refractivity contribution < 1.29 is 9.53 Å². The third-order valence-electron chi connectivity index (χ3n) is 4.97. The van der Waals surface area contributed by atoms with Gasteiger partial charge in [0.15, 0.2) is 0 Å². The molecule has 1 aliphatic heterocycles. The first-order valence-corrected chi connectivity index (χ1v) is 12.0. The van der Waals surface area contributed by atoms with Crippen molar-refractivity contribution >= 4 is 29.0 Å². The van der Waals surface area contributed by atoms with Crippen LogP contribution in [0.25, 0.3) is 0 Å². The van der Waals surface area contributed by atoms with Crippen LogP contribution in [0.5, 0.6) is 0 Å². The molecule has 1 saturated heterocycles. The zero-order valence-corrected chi connectivity index (χ0v) is 18.9. The number of carbonyl (C=O) groups is 1. The molecule has 1 aliphatic rings. The van der Waals surface area contributed by atoms with Crippen LogP contribution in [0.1, 0.15) is 16.5 Å². The average molecular weight is 434 g/mol. The normalized spacial score (nSPS) is 16.1. The van der Waals surface area contributed by atoms with Gasteiger partial charge in [-0.05, 0) is 37.6 Å². The molecule has 1 amide bonds. The van der Waals surface area contributed by atoms with Gasteiger partial charge in [-0.1, -0.05) is 23.8 Å². The summed E-state index contributed by atoms with van der Waals surface area (Å²) in [6, 6.07) is 13.1. The van der Waals surface area contributed by atoms with Crippen LogP contribution in [0.3, 0.4) is 0 Å². The second kappa shape index (κ2) is 11.7. The summed E-state index contributed by atoms with van der Waals surface area (Å²) in [7, 11) is 2.03. The Morgan fingerprint density at radius 2 is 2.03 bits per heavy atom. The van der Waals surface area contributed by atoms with E-state index < -0.39 is 0 Å². The Hall–Kier alpha value is -1.38. The van der Waals surface area contributed by atoms with Gasteiger partial charge < -0.3 is 10.1 Å². The summed E-state index contributed by atoms with van der Waals surface area (Å²) < 4.78 is 5.51. The lowest BCUT2D eigenvalue weighted by molar-refractivity contribution is -0.122. The standard InChI is InChI=1S/C22H31N3O2S2/c1-18-5-7-19(8-6-18)28-15-9-23-22(26)17-24(2)16-20(21-4-3-14-29-21)25-10-12-27-13-11-25/h3-8,14,20H,9-13,15-17H2,1-2H3,(H,23,26). The number of thioether (sulfide) groups is 1. The molecule has 1 N–H and O–H groups in total. The van der Waals surface area contributed by atoms with Crippen LogP contribution >= 0.6 is 23.1 Å². The first kappa shape index (κ1) is 22.3. The third-order valence-corrected chi connectivity index (χ3v) is 6.96. The molecule has 0 radical (unpaired) electrons. The van der Waals surface area contributed by atoms with E-state index in [0.29, 0.717) is 19.1 Å². The minimum Gasteiger partial charge on any atom is -0.379 e. The molecule has 1 aromatic carbocycles. The molecule has 2 heterocycles. The number of morpholine rings is 1. The van der Waals surface area contributed by atoms with Crippen LogP contribution in [0.2, 0.25) is 0 Å². The van der Waals surface area contributed by atoms with E-state index in [2.05, 4.69) is 63.8 Å². The van der Waals surface area contributed by atoms with Crippen molar-refractivity contribution in [1.82, 2.24) is 15.1 Å². The maximum atomic E-state index is 12.4. The Kier molecular flexibility index (Phi) is 9.01. The molecule has 2 aromatic rings. The third kappa shape index (κ3) is 7.42. The Balaban J connectivity index is 1.41. The van der Waals surface area contributed by atoms with E-state index in [4.69, 9.17) is 4.74 Å². The summed E-state index contributed by atoms with van der Waals surface area (Å²) in [5.41, 5.74) is 1.27. The lowest BCUT2D eigenvalue weighted by atomic mass is 10.1. The minimum absolute atomic E-state index is 0.0870. The Morgan fingerprint density at radius 3 is 2.72 bits per heavy atom. The zero-order chi connectivity index (χ0) is 20.5. The van der Waals surface area contributed by atoms with Crippen molar-refractivity contribution in [2.45, 2.75) is 17.9 Å². The van der Waals surface area contributed by atoms with E-state index in [1.807, 2.05) is 7.05 Å². The minimum atomic E-state index is 0.0870. The van der Waals surface area contributed by atoms with Gasteiger partial charge in [0.25, 0.3) is 0 Å². The van der Waals surface area contributed by atoms with Crippen LogP contribution < -0.4 is 5.32 Å². The van der Waals surface area contributed by atoms with Crippen LogP contribution in [0.15, 0.2) is 46.7 Å². The van der Waals surface area contributed by atoms with E-state index in [-0.39, 0.29) is 5.91 Å². The van der Waals surface area contributed by atoms with Crippen LogP contribution in [-0.2, 0) is 9.53 Å². The number of nitrogens with one attached hydrogen (secondary N) is 1. The molecule has 5 nitrogen and oxygen atoms in total. The average Bonchev–Trinajstić information content (AvgIpc) is 3.26. The smallest absolute Gasteiger partial charge is 0.234 e. The van der Waals surface area contributed by atoms with Crippen molar-refractivity contribution in [3.63, 3.8) is 0 Å². The number of nitrogens with zero attached hydrogens (tertiary/aromatic N) is 2. The highest BCUT2D eigenvalue weighted by atomic mass is 32.2. The molecule has 1 unspecified atom stereocenters. The van der Waals surface area contributed by atoms with E-state index in [0.717, 1.165) is 38.6 Å². The zero-order valence-electron chi connectivity index (χ0n) is 17.3. The molecule has 3 rings (SSSR count). The van der Waals surface area contributed by atoms with Gasteiger partial charge >= 0.3 is 0 Å². The van der Waals surface area contributed by atoms with Crippen molar-refractivity contribution in [2.24, 2.45) is 0 Å². The first-order chi connectivity index (χ1) is 14.1. The molecule has 1 atom stereocenters. The predicted molar refractivity (Wildman–Crippen MR) is 122 cm³/mol. The second-order valence-corrected chi connectivity index (χ2v) is 9.54. The maximum absolute atomic E-state index is 12.4. The number of hydrogen-bond donors (Lipinski definition) is 1. The number of likely N-dealkylation sites (N-methyl/N-ethyl adjacent to an activating group) is 1. The first-order valence-electron chi connectivity index (χ1n) is 10.1. The largest absolute Gasteiger partial charge is 0.379 e. The molecule has 0 saturated carbocycles. The van der Waals surface area contributed by atoms with Crippen molar-refractivity contribution in [1.29, 1.82) is 0 Å². The summed E-state index contributed by atoms with van der Waals surface area (Å²) in [6.07, 6.45) is 0. The monoisotopic (exact) mass is 433 g/mol. The Labute approximate surface area is 182 Å². The number of aryl methyl sites for hydroxylation is 1. The number of rotatable bonds is 10. The maximum Gasteiger partial charge on any atom is 0.234 e. The number of benzene rings is 1. The van der Waals surface area contributed by atoms with Gasteiger partial charge in [-0.3, -0.25) is 14.6 Å². The van der Waals surface area contributed by atoms with E-state index in [9.17, 15) is 4.79 Å². The molecule has 0 bridgehead atoms. The highest BCUT2D eigenvalue weighted by molar-refractivity contribution is 7.99. The lowest BCUT2D eigenvalue weighted by Crippen LogP contribution is -2.44. The van der Waals surface area contributed by atoms with Gasteiger partial charge in [0.05, 0.1) is 25.8 Å². The van der Waals surface area contributed by atoms with E-state index >= 15 is 0 Å². The summed E-state index contributed by atoms with van der Waals surface area (Å²) >= 11 is 3.56. The molecule has 7 heteroatoms. The van der Waals surface area contributed by atoms with Gasteiger partial charge in [0, 0.05) is 41.7 Å². The van der Waals surface area contributed by atoms with Crippen molar-refractivity contribution in [3.05, 3.63) is 52.2 Å². The highest BCUT2D eigenvalue weighted by Gasteiger charge is 2.25. The van der Waals surface area contributed by atoms with Gasteiger partial charge in [0.1, 0.15) is 0 Å². The fourth-order valence-corrected chi connectivity index (χ4v) is 5.03. The molecular weight excluding hydrogens is 402 g/mol. The van der Waals surface area contributed by atoms with Gasteiger partial charge in [-0.2, -0.15) is 0 Å². The summed E-state index contributed by atoms with van der Waals surface area (Å²) in [4.78, 5) is 19.6. The Bertz CT molecular complexity index is 731. The van der Waals surface area contributed by atoms with Crippen LogP contribution in [0, 0.1) is 6.92 Å². The summed E-state index contributed by atoms with van der Waals surface area (Å²) in [5.74, 6) is 0.966.